The molecule has 0 saturated heterocycles. The molecule has 7 heavy (non-hydrogen) atoms. The first-order chi connectivity index (χ1) is 2.81. The molecule has 0 rings (SSSR count). The van der Waals surface area contributed by atoms with Crippen LogP contribution in [0.3, 0.4) is 0 Å². The zero-order valence-electron chi connectivity index (χ0n) is 4.52. The van der Waals surface area contributed by atoms with E-state index in [-0.39, 0.29) is 18.3 Å². The van der Waals surface area contributed by atoms with E-state index in [0.717, 1.165) is 0 Å². The first kappa shape index (κ1) is 9.90. The monoisotopic (exact) mass is 123 g/mol. The molecule has 44 valence electrons. The Morgan fingerprint density at radius 3 is 2.14 bits per heavy atom. The van der Waals surface area contributed by atoms with Gasteiger partial charge < -0.3 is 5.32 Å². The van der Waals surface area contributed by atoms with Crippen molar-refractivity contribution >= 4 is 18.3 Å². The van der Waals surface area contributed by atoms with Crippen LogP contribution in [0.15, 0.2) is 0 Å². The fraction of sp³-hybridized carbons (Fsp3) is 0.750. The number of rotatable bonds is 1. The average molecular weight is 124 g/mol. The summed E-state index contributed by atoms with van der Waals surface area (Å²) in [6.07, 6.45) is 0.580. The van der Waals surface area contributed by atoms with Crippen LogP contribution in [0.25, 0.3) is 0 Å². The number of amides is 1. The molecule has 0 fully saturated rings. The Labute approximate surface area is 49.7 Å². The van der Waals surface area contributed by atoms with Crippen molar-refractivity contribution in [2.75, 3.05) is 7.05 Å². The van der Waals surface area contributed by atoms with Crippen molar-refractivity contribution in [1.82, 2.24) is 5.32 Å². The number of halogens is 1. The Morgan fingerprint density at radius 1 is 1.71 bits per heavy atom. The molecule has 0 aliphatic rings. The number of nitrogens with one attached hydrogen (secondary N) is 1. The molecular weight excluding hydrogens is 114 g/mol. The summed E-state index contributed by atoms with van der Waals surface area (Å²) in [6.45, 7) is 1.82. The maximum absolute atomic E-state index is 10.1. The van der Waals surface area contributed by atoms with Crippen molar-refractivity contribution in [1.29, 1.82) is 0 Å². The van der Waals surface area contributed by atoms with E-state index in [9.17, 15) is 4.79 Å². The minimum Gasteiger partial charge on any atom is -0.359 e. The van der Waals surface area contributed by atoms with Crippen LogP contribution in [0.4, 0.5) is 0 Å². The molecule has 0 aromatic heterocycles. The van der Waals surface area contributed by atoms with Gasteiger partial charge in [0.2, 0.25) is 5.91 Å². The summed E-state index contributed by atoms with van der Waals surface area (Å²) >= 11 is 0. The highest BCUT2D eigenvalue weighted by Crippen LogP contribution is 1.68. The summed E-state index contributed by atoms with van der Waals surface area (Å²) in [5.41, 5.74) is 0. The molecule has 0 unspecified atom stereocenters. The first-order valence-corrected chi connectivity index (χ1v) is 2.01. The second-order valence-electron chi connectivity index (χ2n) is 1.03. The predicted molar refractivity (Wildman–Crippen MR) is 31.6 cm³/mol. The van der Waals surface area contributed by atoms with E-state index in [1.54, 1.807) is 7.05 Å². The lowest BCUT2D eigenvalue weighted by Gasteiger charge is -1.87. The maximum atomic E-state index is 10.1. The average Bonchev–Trinajstić information content (AvgIpc) is 1.65. The Kier molecular flexibility index (Phi) is 8.15. The summed E-state index contributed by atoms with van der Waals surface area (Å²) in [7, 11) is 1.63. The Balaban J connectivity index is 0. The predicted octanol–water partition coefficient (Wildman–Crippen LogP) is 0.564. The topological polar surface area (TPSA) is 29.1 Å². The van der Waals surface area contributed by atoms with Crippen LogP contribution in [-0.4, -0.2) is 13.0 Å². The highest BCUT2D eigenvalue weighted by molar-refractivity contribution is 5.85. The van der Waals surface area contributed by atoms with E-state index in [2.05, 4.69) is 5.32 Å². The Bertz CT molecular complexity index is 49.7. The lowest BCUT2D eigenvalue weighted by atomic mass is 10.5. The van der Waals surface area contributed by atoms with Gasteiger partial charge in [0.05, 0.1) is 0 Å². The fourth-order valence-corrected chi connectivity index (χ4v) is 0.177. The van der Waals surface area contributed by atoms with Gasteiger partial charge in [0, 0.05) is 13.5 Å². The van der Waals surface area contributed by atoms with Crippen molar-refractivity contribution < 1.29 is 4.79 Å². The molecule has 0 aliphatic carbocycles. The number of hydrogen-bond acceptors (Lipinski definition) is 1. The third kappa shape index (κ3) is 5.76. The van der Waals surface area contributed by atoms with Crippen LogP contribution in [-0.2, 0) is 4.79 Å². The highest BCUT2D eigenvalue weighted by atomic mass is 35.5. The Morgan fingerprint density at radius 2 is 2.14 bits per heavy atom. The van der Waals surface area contributed by atoms with Gasteiger partial charge >= 0.3 is 0 Å². The van der Waals surface area contributed by atoms with Gasteiger partial charge in [-0.15, -0.1) is 12.4 Å². The van der Waals surface area contributed by atoms with Crippen molar-refractivity contribution in [3.05, 3.63) is 0 Å². The van der Waals surface area contributed by atoms with Gasteiger partial charge in [-0.3, -0.25) is 4.79 Å². The van der Waals surface area contributed by atoms with E-state index in [1.165, 1.54) is 0 Å². The summed E-state index contributed by atoms with van der Waals surface area (Å²) in [5.74, 6) is 0.0926. The molecule has 0 aromatic carbocycles. The van der Waals surface area contributed by atoms with E-state index in [1.807, 2.05) is 6.92 Å². The van der Waals surface area contributed by atoms with Gasteiger partial charge in [-0.25, -0.2) is 0 Å². The molecule has 0 radical (unpaired) electrons. The fourth-order valence-electron chi connectivity index (χ4n) is 0.177. The van der Waals surface area contributed by atoms with Crippen LogP contribution in [0.2, 0.25) is 0 Å². The van der Waals surface area contributed by atoms with Crippen LogP contribution in [0.1, 0.15) is 13.3 Å². The summed E-state index contributed by atoms with van der Waals surface area (Å²) in [4.78, 5) is 10.1. The molecule has 0 aliphatic heterocycles. The molecule has 0 atom stereocenters. The zero-order valence-corrected chi connectivity index (χ0v) is 5.34. The van der Waals surface area contributed by atoms with Gasteiger partial charge in [0.25, 0.3) is 0 Å². The molecule has 2 nitrogen and oxygen atoms in total. The minimum absolute atomic E-state index is 0. The third-order valence-corrected chi connectivity index (χ3v) is 0.600. The molecule has 0 bridgehead atoms. The SMILES string of the molecule is CCC(=O)NC.Cl. The molecule has 3 heteroatoms. The van der Waals surface area contributed by atoms with Gasteiger partial charge in [-0.05, 0) is 0 Å². The molecule has 0 saturated carbocycles. The van der Waals surface area contributed by atoms with Crippen LogP contribution in [0.5, 0.6) is 0 Å². The normalized spacial score (nSPS) is 6.57. The third-order valence-electron chi connectivity index (χ3n) is 0.600. The second-order valence-corrected chi connectivity index (χ2v) is 1.03. The minimum atomic E-state index is 0. The van der Waals surface area contributed by atoms with Gasteiger partial charge in [0.1, 0.15) is 0 Å². The first-order valence-electron chi connectivity index (χ1n) is 2.01. The van der Waals surface area contributed by atoms with Gasteiger partial charge in [-0.2, -0.15) is 0 Å². The van der Waals surface area contributed by atoms with Crippen molar-refractivity contribution in [3.8, 4) is 0 Å². The van der Waals surface area contributed by atoms with Crippen LogP contribution >= 0.6 is 12.4 Å². The maximum Gasteiger partial charge on any atom is 0.219 e. The summed E-state index contributed by atoms with van der Waals surface area (Å²) < 4.78 is 0. The van der Waals surface area contributed by atoms with Crippen LogP contribution < -0.4 is 5.32 Å². The quantitative estimate of drug-likeness (QED) is 0.543. The van der Waals surface area contributed by atoms with Crippen molar-refractivity contribution in [2.45, 2.75) is 13.3 Å². The smallest absolute Gasteiger partial charge is 0.219 e. The molecule has 0 spiro atoms. The second kappa shape index (κ2) is 5.76. The molecule has 0 heterocycles. The van der Waals surface area contributed by atoms with E-state index < -0.39 is 0 Å². The van der Waals surface area contributed by atoms with E-state index in [4.69, 9.17) is 0 Å². The largest absolute Gasteiger partial charge is 0.359 e. The molecule has 1 amide bonds. The van der Waals surface area contributed by atoms with Crippen molar-refractivity contribution in [2.24, 2.45) is 0 Å². The van der Waals surface area contributed by atoms with Crippen LogP contribution in [0, 0.1) is 0 Å². The lowest BCUT2D eigenvalue weighted by Crippen LogP contribution is -2.15. The summed E-state index contributed by atoms with van der Waals surface area (Å²) in [5, 5.41) is 2.48. The van der Waals surface area contributed by atoms with Gasteiger partial charge in [0.15, 0.2) is 0 Å². The molecule has 0 aromatic rings. The highest BCUT2D eigenvalue weighted by Gasteiger charge is 1.84. The number of carbonyl (C=O) groups is 1. The van der Waals surface area contributed by atoms with E-state index >= 15 is 0 Å². The Hall–Kier alpha value is -0.240. The number of hydrogen-bond donors (Lipinski definition) is 1. The molecular formula is C4H10ClNO. The number of carbonyl (C=O) groups excluding carboxylic acids is 1. The summed E-state index contributed by atoms with van der Waals surface area (Å²) in [6, 6.07) is 0. The zero-order chi connectivity index (χ0) is 4.99. The van der Waals surface area contributed by atoms with Crippen molar-refractivity contribution in [3.63, 3.8) is 0 Å². The molecule has 1 N–H and O–H groups in total. The standard InChI is InChI=1S/C4H9NO.ClH/c1-3-4(6)5-2;/h3H2,1-2H3,(H,5,6);1H. The van der Waals surface area contributed by atoms with Gasteiger partial charge in [-0.1, -0.05) is 6.92 Å². The lowest BCUT2D eigenvalue weighted by molar-refractivity contribution is -0.120. The van der Waals surface area contributed by atoms with E-state index in [0.29, 0.717) is 6.42 Å².